The summed E-state index contributed by atoms with van der Waals surface area (Å²) < 4.78 is 126. The lowest BCUT2D eigenvalue weighted by Crippen LogP contribution is -2.40. The number of rotatable bonds is 17. The predicted octanol–water partition coefficient (Wildman–Crippen LogP) is 11.0. The van der Waals surface area contributed by atoms with Crippen molar-refractivity contribution in [2.45, 2.75) is 69.4 Å². The van der Waals surface area contributed by atoms with Crippen LogP contribution in [-0.4, -0.2) is 77.6 Å². The summed E-state index contributed by atoms with van der Waals surface area (Å²) in [6.07, 6.45) is 0. The maximum atomic E-state index is 14.8. The van der Waals surface area contributed by atoms with E-state index >= 15 is 0 Å². The Balaban J connectivity index is 0.000000212. The summed E-state index contributed by atoms with van der Waals surface area (Å²) in [7, 11) is -14.2. The Morgan fingerprint density at radius 1 is 0.642 bits per heavy atom. The van der Waals surface area contributed by atoms with Crippen molar-refractivity contribution in [3.8, 4) is 28.7 Å². The molecule has 1 aliphatic rings. The number of nitrogens with zero attached hydrogens (tertiary/aromatic N) is 1. The Bertz CT molecular complexity index is 3710. The highest BCUT2D eigenvalue weighted by Crippen LogP contribution is 2.63. The van der Waals surface area contributed by atoms with Crippen LogP contribution in [0, 0.1) is 13.8 Å². The number of hydrogen-bond acceptors (Lipinski definition) is 15. The third-order valence-electron chi connectivity index (χ3n) is 12.8. The maximum absolute atomic E-state index is 14.8. The monoisotopic (exact) mass is 1240 g/mol. The number of methoxy groups -OCH3 is 3. The average Bonchev–Trinajstić information content (AvgIpc) is 3.61. The topological polar surface area (TPSA) is 242 Å². The number of aliphatic hydroxyl groups is 3. The van der Waals surface area contributed by atoms with E-state index in [0.29, 0.717) is 49.1 Å². The van der Waals surface area contributed by atoms with Gasteiger partial charge in [0.25, 0.3) is 17.4 Å². The number of fused-ring (bicyclic) bond motifs is 1. The third kappa shape index (κ3) is 14.7. The van der Waals surface area contributed by atoms with Gasteiger partial charge in [-0.05, 0) is 137 Å². The van der Waals surface area contributed by atoms with Crippen LogP contribution < -0.4 is 43.9 Å². The molecule has 24 heteroatoms. The van der Waals surface area contributed by atoms with Crippen LogP contribution in [0.1, 0.15) is 64.9 Å². The van der Waals surface area contributed by atoms with Gasteiger partial charge in [-0.15, -0.1) is 4.08 Å². The lowest BCUT2D eigenvalue weighted by molar-refractivity contribution is 0.281. The second kappa shape index (κ2) is 26.8. The highest BCUT2D eigenvalue weighted by Gasteiger charge is 2.53. The standard InChI is InChI=1S/C24H27ClNO6PS.C23H23ClNO6PS.C10H15O3P/c1-16-8-11-20(12-9-16)34(29,30)26-17(2)21-14-19(25)10-13-22(21)32-33(4,28)24-18(15-27)6-5-7-23(24)31-3;1-15-7-10-19(11-8-15)33(28,29)25-16(2)20-13-18(24)9-12-21(20)31-32(25,27)23-17(14-26)5-4-6-22(23)30-3;1-13-9-6-4-5-8(7-11)10(9)14(2,3)12/h5-14,17,26-27H,15H2,1-4H3;4-13,16,26H,14H2,1-3H3;4-6,11H,7H2,1-3H3/t17-,33+;16-,32-;/m11./s1. The van der Waals surface area contributed by atoms with Crippen molar-refractivity contribution in [1.82, 2.24) is 8.80 Å². The van der Waals surface area contributed by atoms with Crippen LogP contribution in [0.2, 0.25) is 10.0 Å². The molecule has 0 saturated heterocycles. The smallest absolute Gasteiger partial charge is 0.367 e. The number of hydrogen-bond donors (Lipinski definition) is 4. The summed E-state index contributed by atoms with van der Waals surface area (Å²) in [5.74, 6) is 1.51. The number of aryl methyl sites for hydroxylation is 2. The molecule has 0 aromatic heterocycles. The van der Waals surface area contributed by atoms with Gasteiger partial charge in [0.15, 0.2) is 0 Å². The zero-order chi connectivity index (χ0) is 59.8. The molecule has 4 N–H and O–H groups in total. The summed E-state index contributed by atoms with van der Waals surface area (Å²) in [6.45, 7) is 10.8. The minimum absolute atomic E-state index is 0.00173. The molecule has 0 aliphatic carbocycles. The molecule has 0 radical (unpaired) electrons. The first kappa shape index (κ1) is 64.7. The summed E-state index contributed by atoms with van der Waals surface area (Å²) in [4.78, 5) is 0.0897. The molecule has 7 aromatic rings. The molecule has 0 fully saturated rings. The molecular weight excluding hydrogens is 1180 g/mol. The summed E-state index contributed by atoms with van der Waals surface area (Å²) >= 11 is 12.4. The van der Waals surface area contributed by atoms with Crippen LogP contribution in [0.25, 0.3) is 0 Å². The Hall–Kier alpha value is -5.49. The van der Waals surface area contributed by atoms with Crippen molar-refractivity contribution in [3.05, 3.63) is 189 Å². The number of aliphatic hydroxyl groups excluding tert-OH is 3. The van der Waals surface area contributed by atoms with E-state index in [4.69, 9.17) is 51.6 Å². The van der Waals surface area contributed by atoms with Gasteiger partial charge in [0, 0.05) is 33.9 Å². The van der Waals surface area contributed by atoms with Crippen LogP contribution in [0.15, 0.2) is 149 Å². The van der Waals surface area contributed by atoms with Crippen LogP contribution in [0.4, 0.5) is 0 Å². The van der Waals surface area contributed by atoms with Crippen LogP contribution >= 0.6 is 45.2 Å². The SMILES string of the molecule is COc1cccc(CO)c1P(C)(C)=O.COc1cccc(CO)c1[P@@](C)(=O)Oc1ccc(Cl)cc1[C@@H](C)NS(=O)(=O)c1ccc(C)cc1.COc1cccc(CO)c1[P@@]1(=O)Oc2ccc(Cl)cc2[C@@H](C)N1S(=O)(=O)c1ccc(C)cc1. The Morgan fingerprint density at radius 3 is 1.63 bits per heavy atom. The number of ether oxygens (including phenoxy) is 3. The van der Waals surface area contributed by atoms with Crippen molar-refractivity contribution in [1.29, 1.82) is 0 Å². The number of sulfonamides is 2. The molecule has 0 spiro atoms. The van der Waals surface area contributed by atoms with Crippen LogP contribution in [0.3, 0.4) is 0 Å². The normalized spacial score (nSPS) is 16.4. The van der Waals surface area contributed by atoms with Crippen molar-refractivity contribution in [3.63, 3.8) is 0 Å². The van der Waals surface area contributed by atoms with Crippen molar-refractivity contribution >= 4 is 81.2 Å². The molecule has 1 heterocycles. The van der Waals surface area contributed by atoms with Gasteiger partial charge in [0.1, 0.15) is 41.2 Å². The third-order valence-corrected chi connectivity index (χ3v) is 23.6. The first-order valence-corrected chi connectivity index (χ1v) is 34.8. The van der Waals surface area contributed by atoms with E-state index in [2.05, 4.69) is 4.72 Å². The molecule has 434 valence electrons. The van der Waals surface area contributed by atoms with Gasteiger partial charge in [-0.2, -0.15) is 0 Å². The minimum Gasteiger partial charge on any atom is -0.496 e. The lowest BCUT2D eigenvalue weighted by atomic mass is 10.1. The molecular formula is C57H65Cl2N2O15P3S2. The van der Waals surface area contributed by atoms with Crippen molar-refractivity contribution in [2.24, 2.45) is 0 Å². The van der Waals surface area contributed by atoms with Gasteiger partial charge in [-0.25, -0.2) is 21.6 Å². The highest BCUT2D eigenvalue weighted by molar-refractivity contribution is 7.96. The molecule has 4 atom stereocenters. The molecule has 8 rings (SSSR count). The molecule has 1 aliphatic heterocycles. The largest absolute Gasteiger partial charge is 0.496 e. The van der Waals surface area contributed by atoms with Gasteiger partial charge in [-0.3, -0.25) is 9.13 Å². The van der Waals surface area contributed by atoms with E-state index in [1.54, 1.807) is 142 Å². The zero-order valence-electron chi connectivity index (χ0n) is 46.2. The minimum atomic E-state index is -4.37. The van der Waals surface area contributed by atoms with Gasteiger partial charge < -0.3 is 43.1 Å². The van der Waals surface area contributed by atoms with E-state index in [1.165, 1.54) is 52.3 Å². The quantitative estimate of drug-likeness (QED) is 0.0620. The zero-order valence-corrected chi connectivity index (χ0v) is 52.0. The summed E-state index contributed by atoms with van der Waals surface area (Å²) in [5, 5.41) is 30.6. The Kier molecular flexibility index (Phi) is 21.4. The van der Waals surface area contributed by atoms with E-state index in [9.17, 15) is 40.7 Å². The molecule has 0 bridgehead atoms. The predicted molar refractivity (Wildman–Crippen MR) is 319 cm³/mol. The second-order valence-electron chi connectivity index (χ2n) is 19.1. The molecule has 81 heavy (non-hydrogen) atoms. The molecule has 0 saturated carbocycles. The van der Waals surface area contributed by atoms with Gasteiger partial charge in [0.2, 0.25) is 10.0 Å². The maximum Gasteiger partial charge on any atom is 0.367 e. The number of nitrogens with one attached hydrogen (secondary N) is 1. The van der Waals surface area contributed by atoms with Crippen molar-refractivity contribution < 1.29 is 69.1 Å². The fourth-order valence-corrected chi connectivity index (χ4v) is 19.3. The Labute approximate surface area is 484 Å². The average molecular weight is 1250 g/mol. The van der Waals surface area contributed by atoms with Gasteiger partial charge in [-0.1, -0.05) is 95.0 Å². The Morgan fingerprint density at radius 2 is 1.11 bits per heavy atom. The molecule has 0 amide bonds. The van der Waals surface area contributed by atoms with Crippen LogP contribution in [-0.2, 0) is 53.6 Å². The fourth-order valence-electron chi connectivity index (χ4n) is 8.99. The van der Waals surface area contributed by atoms with E-state index in [1.807, 2.05) is 13.8 Å². The first-order chi connectivity index (χ1) is 38.1. The molecule has 7 aromatic carbocycles. The van der Waals surface area contributed by atoms with Crippen molar-refractivity contribution in [2.75, 3.05) is 41.3 Å². The van der Waals surface area contributed by atoms with Crippen LogP contribution in [0.5, 0.6) is 28.7 Å². The van der Waals surface area contributed by atoms with Gasteiger partial charge >= 0.3 is 7.52 Å². The van der Waals surface area contributed by atoms with E-state index in [-0.39, 0.29) is 56.4 Å². The number of halogens is 2. The lowest BCUT2D eigenvalue weighted by Gasteiger charge is -2.40. The molecule has 17 nitrogen and oxygen atoms in total. The summed E-state index contributed by atoms with van der Waals surface area (Å²) in [5.41, 5.74) is 4.04. The fraction of sp³-hybridized carbons (Fsp3) is 0.263. The number of benzene rings is 7. The van der Waals surface area contributed by atoms with E-state index < -0.39 is 60.8 Å². The van der Waals surface area contributed by atoms with E-state index in [0.717, 1.165) is 15.2 Å². The first-order valence-electron chi connectivity index (χ1n) is 24.8. The van der Waals surface area contributed by atoms with Gasteiger partial charge in [0.05, 0.1) is 67.6 Å². The molecule has 0 unspecified atom stereocenters. The highest BCUT2D eigenvalue weighted by atomic mass is 35.5. The second-order valence-corrected chi connectivity index (χ2v) is 31.3. The summed E-state index contributed by atoms with van der Waals surface area (Å²) in [6, 6.07) is 35.5.